The number of anilines is 1. The SMILES string of the molecule is CCOc1cc([C@H]2CC(=O)Nc3c2c(=O)nc(SCc2ccccc2)n3C)ccc1OCC(N)=O. The molecule has 2 heterocycles. The van der Waals surface area contributed by atoms with E-state index in [1.807, 2.05) is 37.3 Å². The molecule has 0 saturated carbocycles. The second kappa shape index (κ2) is 10.6. The van der Waals surface area contributed by atoms with E-state index in [1.165, 1.54) is 11.8 Å². The van der Waals surface area contributed by atoms with Crippen LogP contribution in [0.25, 0.3) is 0 Å². The van der Waals surface area contributed by atoms with Gasteiger partial charge in [0.15, 0.2) is 23.3 Å². The summed E-state index contributed by atoms with van der Waals surface area (Å²) in [6.07, 6.45) is 0.0908. The van der Waals surface area contributed by atoms with Crippen LogP contribution in [-0.2, 0) is 22.4 Å². The minimum absolute atomic E-state index is 0.0908. The zero-order valence-corrected chi connectivity index (χ0v) is 20.3. The molecule has 0 unspecified atom stereocenters. The van der Waals surface area contributed by atoms with Crippen LogP contribution in [0.15, 0.2) is 58.5 Å². The van der Waals surface area contributed by atoms with Gasteiger partial charge in [0.25, 0.3) is 11.5 Å². The largest absolute Gasteiger partial charge is 0.490 e. The fourth-order valence-corrected chi connectivity index (χ4v) is 4.87. The standard InChI is InChI=1S/C25H26N4O5S/c1-3-33-19-11-16(9-10-18(19)34-13-20(26)30)17-12-21(31)27-23-22(17)24(32)28-25(29(23)2)35-14-15-7-5-4-6-8-15/h4-11,17H,3,12-14H2,1-2H3,(H2,26,30)(H,27,31)/t17-/m1/s1. The van der Waals surface area contributed by atoms with E-state index in [9.17, 15) is 14.4 Å². The Morgan fingerprint density at radius 2 is 1.94 bits per heavy atom. The van der Waals surface area contributed by atoms with Gasteiger partial charge in [-0.2, -0.15) is 4.98 Å². The first-order chi connectivity index (χ1) is 16.9. The summed E-state index contributed by atoms with van der Waals surface area (Å²) in [6, 6.07) is 15.0. The fourth-order valence-electron chi connectivity index (χ4n) is 3.95. The predicted octanol–water partition coefficient (Wildman–Crippen LogP) is 2.81. The van der Waals surface area contributed by atoms with Crippen LogP contribution in [0.5, 0.6) is 11.5 Å². The number of nitrogens with two attached hydrogens (primary N) is 1. The van der Waals surface area contributed by atoms with Gasteiger partial charge in [-0.1, -0.05) is 48.2 Å². The highest BCUT2D eigenvalue weighted by Crippen LogP contribution is 2.39. The van der Waals surface area contributed by atoms with Crippen molar-refractivity contribution in [1.82, 2.24) is 9.55 Å². The number of carbonyl (C=O) groups is 2. The zero-order chi connectivity index (χ0) is 24.9. The van der Waals surface area contributed by atoms with Gasteiger partial charge in [0.05, 0.1) is 12.2 Å². The van der Waals surface area contributed by atoms with Crippen LogP contribution in [0.1, 0.15) is 36.0 Å². The van der Waals surface area contributed by atoms with Crippen LogP contribution in [0.2, 0.25) is 0 Å². The molecular formula is C25H26N4O5S. The number of primary amides is 1. The second-order valence-corrected chi connectivity index (χ2v) is 8.94. The molecule has 0 aliphatic carbocycles. The Balaban J connectivity index is 1.69. The molecule has 4 rings (SSSR count). The van der Waals surface area contributed by atoms with Crippen LogP contribution in [0, 0.1) is 0 Å². The molecule has 3 N–H and O–H groups in total. The van der Waals surface area contributed by atoms with Crippen molar-refractivity contribution in [2.75, 3.05) is 18.5 Å². The second-order valence-electron chi connectivity index (χ2n) is 7.99. The molecule has 35 heavy (non-hydrogen) atoms. The summed E-state index contributed by atoms with van der Waals surface area (Å²) in [5.41, 5.74) is 7.03. The van der Waals surface area contributed by atoms with Gasteiger partial charge in [-0.3, -0.25) is 14.4 Å². The number of aromatic nitrogens is 2. The van der Waals surface area contributed by atoms with E-state index >= 15 is 0 Å². The van der Waals surface area contributed by atoms with E-state index < -0.39 is 11.8 Å². The molecule has 3 aromatic rings. The van der Waals surface area contributed by atoms with Gasteiger partial charge in [0.2, 0.25) is 5.91 Å². The number of carbonyl (C=O) groups excluding carboxylic acids is 2. The molecule has 0 saturated heterocycles. The maximum Gasteiger partial charge on any atom is 0.279 e. The molecule has 10 heteroatoms. The van der Waals surface area contributed by atoms with Crippen LogP contribution in [0.3, 0.4) is 0 Å². The molecule has 0 fully saturated rings. The molecule has 2 amide bonds. The number of fused-ring (bicyclic) bond motifs is 1. The summed E-state index contributed by atoms with van der Waals surface area (Å²) in [7, 11) is 1.79. The molecule has 2 aromatic carbocycles. The third-order valence-corrected chi connectivity index (χ3v) is 6.65. The Morgan fingerprint density at radius 3 is 2.66 bits per heavy atom. The highest BCUT2D eigenvalue weighted by Gasteiger charge is 2.32. The Bertz CT molecular complexity index is 1310. The molecule has 0 spiro atoms. The Kier molecular flexibility index (Phi) is 7.40. The average molecular weight is 495 g/mol. The van der Waals surface area contributed by atoms with Gasteiger partial charge in [-0.25, -0.2) is 0 Å². The fraction of sp³-hybridized carbons (Fsp3) is 0.280. The van der Waals surface area contributed by atoms with E-state index in [1.54, 1.807) is 29.8 Å². The Hall–Kier alpha value is -3.79. The molecule has 1 atom stereocenters. The van der Waals surface area contributed by atoms with E-state index in [0.29, 0.717) is 46.0 Å². The number of hydrogen-bond acceptors (Lipinski definition) is 7. The van der Waals surface area contributed by atoms with E-state index in [-0.39, 0.29) is 24.5 Å². The van der Waals surface area contributed by atoms with Gasteiger partial charge in [-0.05, 0) is 30.2 Å². The van der Waals surface area contributed by atoms with Crippen LogP contribution in [0.4, 0.5) is 5.82 Å². The number of hydrogen-bond donors (Lipinski definition) is 2. The molecule has 1 aliphatic heterocycles. The number of ether oxygens (including phenoxy) is 2. The molecule has 1 aromatic heterocycles. The number of thioether (sulfide) groups is 1. The summed E-state index contributed by atoms with van der Waals surface area (Å²) in [4.78, 5) is 41.3. The monoisotopic (exact) mass is 494 g/mol. The maximum absolute atomic E-state index is 13.2. The van der Waals surface area contributed by atoms with Crippen molar-refractivity contribution in [3.8, 4) is 11.5 Å². The molecule has 0 radical (unpaired) electrons. The third kappa shape index (κ3) is 5.48. The highest BCUT2D eigenvalue weighted by molar-refractivity contribution is 7.98. The summed E-state index contributed by atoms with van der Waals surface area (Å²) in [5.74, 6) is 0.519. The number of nitrogens with zero attached hydrogens (tertiary/aromatic N) is 2. The van der Waals surface area contributed by atoms with Crippen molar-refractivity contribution >= 4 is 29.4 Å². The number of benzene rings is 2. The summed E-state index contributed by atoms with van der Waals surface area (Å²) in [5, 5.41) is 3.37. The van der Waals surface area contributed by atoms with Crippen molar-refractivity contribution in [3.05, 3.63) is 75.6 Å². The van der Waals surface area contributed by atoms with Gasteiger partial charge in [0.1, 0.15) is 5.82 Å². The minimum atomic E-state index is -0.607. The first-order valence-electron chi connectivity index (χ1n) is 11.1. The van der Waals surface area contributed by atoms with E-state index in [4.69, 9.17) is 15.2 Å². The summed E-state index contributed by atoms with van der Waals surface area (Å²) >= 11 is 1.43. The van der Waals surface area contributed by atoms with Crippen LogP contribution in [-0.4, -0.2) is 34.6 Å². The number of nitrogens with one attached hydrogen (secondary N) is 1. The molecule has 182 valence electrons. The van der Waals surface area contributed by atoms with Gasteiger partial charge < -0.3 is 25.1 Å². The predicted molar refractivity (Wildman–Crippen MR) is 133 cm³/mol. The maximum atomic E-state index is 13.2. The van der Waals surface area contributed by atoms with E-state index in [0.717, 1.165) is 5.56 Å². The zero-order valence-electron chi connectivity index (χ0n) is 19.4. The quantitative estimate of drug-likeness (QED) is 0.346. The highest BCUT2D eigenvalue weighted by atomic mass is 32.2. The van der Waals surface area contributed by atoms with E-state index in [2.05, 4.69) is 10.3 Å². The molecule has 9 nitrogen and oxygen atoms in total. The first kappa shape index (κ1) is 24.3. The van der Waals surface area contributed by atoms with Gasteiger partial charge in [0, 0.05) is 25.1 Å². The molecule has 0 bridgehead atoms. The van der Waals surface area contributed by atoms with Crippen LogP contribution >= 0.6 is 11.8 Å². The Labute approximate surface area is 206 Å². The summed E-state index contributed by atoms with van der Waals surface area (Å²) < 4.78 is 12.9. The van der Waals surface area contributed by atoms with Gasteiger partial charge in [-0.15, -0.1) is 0 Å². The average Bonchev–Trinajstić information content (AvgIpc) is 2.84. The first-order valence-corrected chi connectivity index (χ1v) is 12.1. The lowest BCUT2D eigenvalue weighted by Crippen LogP contribution is -2.33. The third-order valence-electron chi connectivity index (χ3n) is 5.55. The lowest BCUT2D eigenvalue weighted by molar-refractivity contribution is -0.120. The number of rotatable bonds is 9. The smallest absolute Gasteiger partial charge is 0.279 e. The van der Waals surface area contributed by atoms with Crippen molar-refractivity contribution in [2.24, 2.45) is 12.8 Å². The lowest BCUT2D eigenvalue weighted by atomic mass is 9.86. The van der Waals surface area contributed by atoms with Crippen molar-refractivity contribution < 1.29 is 19.1 Å². The topological polar surface area (TPSA) is 126 Å². The number of amides is 2. The minimum Gasteiger partial charge on any atom is -0.490 e. The van der Waals surface area contributed by atoms with Gasteiger partial charge >= 0.3 is 0 Å². The lowest BCUT2D eigenvalue weighted by Gasteiger charge is -2.28. The Morgan fingerprint density at radius 1 is 1.17 bits per heavy atom. The van der Waals surface area contributed by atoms with Crippen molar-refractivity contribution in [3.63, 3.8) is 0 Å². The molecular weight excluding hydrogens is 468 g/mol. The summed E-state index contributed by atoms with van der Waals surface area (Å²) in [6.45, 7) is 1.90. The van der Waals surface area contributed by atoms with Crippen molar-refractivity contribution in [2.45, 2.75) is 30.2 Å². The molecule has 1 aliphatic rings. The normalized spacial score (nSPS) is 14.7. The van der Waals surface area contributed by atoms with Crippen LogP contribution < -0.4 is 26.1 Å². The van der Waals surface area contributed by atoms with Crippen molar-refractivity contribution in [1.29, 1.82) is 0 Å².